The predicted octanol–water partition coefficient (Wildman–Crippen LogP) is 11.9. The third-order valence-electron chi connectivity index (χ3n) is 8.86. The van der Waals surface area contributed by atoms with E-state index in [0.717, 1.165) is 24.3 Å². The van der Waals surface area contributed by atoms with Gasteiger partial charge >= 0.3 is 11.9 Å². The van der Waals surface area contributed by atoms with E-state index in [1.54, 1.807) is 0 Å². The van der Waals surface area contributed by atoms with E-state index in [-0.39, 0.29) is 12.8 Å². The normalized spacial score (nSPS) is 12.1. The highest BCUT2D eigenvalue weighted by atomic mass is 32.3. The molecule has 0 rings (SSSR count). The highest BCUT2D eigenvalue weighted by molar-refractivity contribution is 8.33. The minimum atomic E-state index is -1.18. The zero-order valence-corrected chi connectivity index (χ0v) is 28.6. The Morgan fingerprint density at radius 1 is 0.366 bits per heavy atom. The van der Waals surface area contributed by atoms with Crippen LogP contribution in [0, 0.1) is 0 Å². The zero-order chi connectivity index (χ0) is 30.3. The number of carboxylic acid groups (broad SMARTS) is 2. The first-order valence-electron chi connectivity index (χ1n) is 18.1. The fourth-order valence-corrected chi connectivity index (χ4v) is 10.1. The molecule has 0 bridgehead atoms. The van der Waals surface area contributed by atoms with Crippen molar-refractivity contribution in [3.63, 3.8) is 0 Å². The summed E-state index contributed by atoms with van der Waals surface area (Å²) in [6.45, 7) is 4.54. The Labute approximate surface area is 257 Å². The van der Waals surface area contributed by atoms with E-state index in [4.69, 9.17) is 0 Å². The van der Waals surface area contributed by atoms with Crippen LogP contribution in [-0.4, -0.2) is 45.2 Å². The third kappa shape index (κ3) is 29.2. The summed E-state index contributed by atoms with van der Waals surface area (Å²) in [6, 6.07) is 0. The van der Waals surface area contributed by atoms with Gasteiger partial charge in [-0.05, 0) is 35.9 Å². The van der Waals surface area contributed by atoms with E-state index in [2.05, 4.69) is 13.8 Å². The first-order valence-corrected chi connectivity index (χ1v) is 20.4. The summed E-state index contributed by atoms with van der Waals surface area (Å²) in [5, 5.41) is 18.8. The predicted molar refractivity (Wildman–Crippen MR) is 183 cm³/mol. The maximum absolute atomic E-state index is 11.4. The Bertz CT molecular complexity index is 562. The fraction of sp³-hybridized carbons (Fsp3) is 0.944. The van der Waals surface area contributed by atoms with Crippen molar-refractivity contribution in [2.75, 3.05) is 23.0 Å². The molecule has 5 heteroatoms. The van der Waals surface area contributed by atoms with E-state index in [9.17, 15) is 19.8 Å². The molecule has 0 aliphatic carbocycles. The lowest BCUT2D eigenvalue weighted by Gasteiger charge is -2.40. The topological polar surface area (TPSA) is 74.6 Å². The van der Waals surface area contributed by atoms with Gasteiger partial charge in [-0.15, -0.1) is 0 Å². The van der Waals surface area contributed by atoms with E-state index < -0.39 is 22.0 Å². The van der Waals surface area contributed by atoms with Crippen LogP contribution in [0.1, 0.15) is 194 Å². The van der Waals surface area contributed by atoms with Crippen LogP contribution in [0.3, 0.4) is 0 Å². The van der Waals surface area contributed by atoms with E-state index in [0.29, 0.717) is 11.5 Å². The van der Waals surface area contributed by atoms with Crippen LogP contribution >= 0.6 is 10.0 Å². The van der Waals surface area contributed by atoms with Gasteiger partial charge in [-0.2, -0.15) is 0 Å². The molecule has 0 fully saturated rings. The van der Waals surface area contributed by atoms with Crippen LogP contribution < -0.4 is 0 Å². The number of rotatable bonds is 34. The SMILES string of the molecule is CCCCCCCCCCCCCCCCCCS(CCCCCCCCCCCC)(CCC(=O)O)CCC(=O)O. The Balaban J connectivity index is 4.21. The van der Waals surface area contributed by atoms with Crippen LogP contribution in [0.2, 0.25) is 0 Å². The second kappa shape index (κ2) is 30.7. The Kier molecular flexibility index (Phi) is 30.2. The number of carbonyl (C=O) groups is 2. The minimum Gasteiger partial charge on any atom is -0.481 e. The molecule has 0 heterocycles. The van der Waals surface area contributed by atoms with Crippen molar-refractivity contribution in [3.05, 3.63) is 0 Å². The van der Waals surface area contributed by atoms with Crippen LogP contribution in [0.25, 0.3) is 0 Å². The van der Waals surface area contributed by atoms with Crippen LogP contribution in [0.5, 0.6) is 0 Å². The average molecular weight is 601 g/mol. The van der Waals surface area contributed by atoms with Crippen molar-refractivity contribution in [1.29, 1.82) is 0 Å². The van der Waals surface area contributed by atoms with Crippen LogP contribution in [0.4, 0.5) is 0 Å². The Morgan fingerprint density at radius 2 is 0.585 bits per heavy atom. The summed E-state index contributed by atoms with van der Waals surface area (Å²) in [4.78, 5) is 22.9. The number of hydrogen-bond donors (Lipinski definition) is 2. The summed E-state index contributed by atoms with van der Waals surface area (Å²) in [6.07, 6.45) is 35.1. The Hall–Kier alpha value is -0.710. The maximum Gasteiger partial charge on any atom is 0.304 e. The molecule has 0 saturated carbocycles. The van der Waals surface area contributed by atoms with Gasteiger partial charge < -0.3 is 10.2 Å². The maximum atomic E-state index is 11.4. The summed E-state index contributed by atoms with van der Waals surface area (Å²) in [5.41, 5.74) is 0. The molecule has 0 spiro atoms. The molecule has 0 saturated heterocycles. The van der Waals surface area contributed by atoms with Crippen molar-refractivity contribution in [2.24, 2.45) is 0 Å². The van der Waals surface area contributed by atoms with E-state index >= 15 is 0 Å². The second-order valence-electron chi connectivity index (χ2n) is 12.8. The molecule has 0 aromatic rings. The lowest BCUT2D eigenvalue weighted by molar-refractivity contribution is -0.137. The number of aliphatic carboxylic acids is 2. The molecule has 246 valence electrons. The molecule has 0 aliphatic heterocycles. The Morgan fingerprint density at radius 3 is 0.805 bits per heavy atom. The molecule has 4 nitrogen and oxygen atoms in total. The van der Waals surface area contributed by atoms with Gasteiger partial charge in [0, 0.05) is 0 Å². The highest BCUT2D eigenvalue weighted by Crippen LogP contribution is 2.51. The van der Waals surface area contributed by atoms with Gasteiger partial charge in [0.15, 0.2) is 0 Å². The van der Waals surface area contributed by atoms with Crippen molar-refractivity contribution < 1.29 is 19.8 Å². The second-order valence-corrected chi connectivity index (χ2v) is 16.9. The zero-order valence-electron chi connectivity index (χ0n) is 27.7. The van der Waals surface area contributed by atoms with Crippen molar-refractivity contribution in [2.45, 2.75) is 194 Å². The molecule has 0 unspecified atom stereocenters. The molecule has 0 amide bonds. The molecule has 0 aromatic heterocycles. The van der Waals surface area contributed by atoms with E-state index in [1.807, 2.05) is 0 Å². The lowest BCUT2D eigenvalue weighted by Crippen LogP contribution is -2.21. The van der Waals surface area contributed by atoms with Gasteiger partial charge in [-0.3, -0.25) is 9.59 Å². The monoisotopic (exact) mass is 601 g/mol. The molecular formula is C36H72O4S. The van der Waals surface area contributed by atoms with Crippen molar-refractivity contribution in [3.8, 4) is 0 Å². The molecule has 0 atom stereocenters. The van der Waals surface area contributed by atoms with Gasteiger partial charge in [-0.1, -0.05) is 168 Å². The number of unbranched alkanes of at least 4 members (excludes halogenated alkanes) is 24. The summed E-state index contributed by atoms with van der Waals surface area (Å²) in [5.74, 6) is 2.11. The van der Waals surface area contributed by atoms with Gasteiger partial charge in [-0.25, -0.2) is 10.0 Å². The molecule has 0 radical (unpaired) electrons. The quantitative estimate of drug-likeness (QED) is 0.0720. The summed E-state index contributed by atoms with van der Waals surface area (Å²) in [7, 11) is -1.18. The highest BCUT2D eigenvalue weighted by Gasteiger charge is 2.25. The van der Waals surface area contributed by atoms with Gasteiger partial charge in [0.05, 0.1) is 12.8 Å². The van der Waals surface area contributed by atoms with Gasteiger partial charge in [0.2, 0.25) is 0 Å². The minimum absolute atomic E-state index is 0.200. The molecule has 0 aromatic carbocycles. The standard InChI is InChI=1S/C36H72O4S/c1-3-5-7-9-11-13-15-16-17-18-19-20-22-24-26-28-32-41(33-29-35(37)38,34-30-36(39)40)31-27-25-23-21-14-12-10-8-6-4-2/h3-34H2,1-2H3,(H,37,38)(H,39,40). The first-order chi connectivity index (χ1) is 20.0. The van der Waals surface area contributed by atoms with Gasteiger partial charge in [0.1, 0.15) is 0 Å². The lowest BCUT2D eigenvalue weighted by atomic mass is 10.0. The molecular weight excluding hydrogens is 528 g/mol. The molecule has 0 aliphatic rings. The summed E-state index contributed by atoms with van der Waals surface area (Å²) >= 11 is 0. The summed E-state index contributed by atoms with van der Waals surface area (Å²) < 4.78 is 0. The smallest absolute Gasteiger partial charge is 0.304 e. The van der Waals surface area contributed by atoms with E-state index in [1.165, 1.54) is 154 Å². The fourth-order valence-electron chi connectivity index (χ4n) is 6.07. The first kappa shape index (κ1) is 40.3. The third-order valence-corrected chi connectivity index (χ3v) is 13.3. The average Bonchev–Trinajstić information content (AvgIpc) is 2.95. The molecule has 2 N–H and O–H groups in total. The van der Waals surface area contributed by atoms with Crippen molar-refractivity contribution >= 4 is 22.0 Å². The van der Waals surface area contributed by atoms with Gasteiger partial charge in [0.25, 0.3) is 0 Å². The van der Waals surface area contributed by atoms with Crippen LogP contribution in [0.15, 0.2) is 0 Å². The molecule has 41 heavy (non-hydrogen) atoms. The number of carboxylic acids is 2. The number of hydrogen-bond acceptors (Lipinski definition) is 2. The largest absolute Gasteiger partial charge is 0.481 e. The van der Waals surface area contributed by atoms with Crippen LogP contribution in [-0.2, 0) is 9.59 Å². The van der Waals surface area contributed by atoms with Crippen molar-refractivity contribution in [1.82, 2.24) is 0 Å².